The SMILES string of the molecule is C[C@@H](N)C(=O)NCCS(=O)(=O)c1ccc(Cl)cc1. The van der Waals surface area contributed by atoms with Gasteiger partial charge in [0.25, 0.3) is 0 Å². The number of rotatable bonds is 5. The molecule has 100 valence electrons. The lowest BCUT2D eigenvalue weighted by atomic mass is 10.3. The van der Waals surface area contributed by atoms with Crippen molar-refractivity contribution in [1.82, 2.24) is 5.32 Å². The molecule has 0 saturated carbocycles. The van der Waals surface area contributed by atoms with Crippen molar-refractivity contribution in [3.8, 4) is 0 Å². The van der Waals surface area contributed by atoms with Gasteiger partial charge in [-0.05, 0) is 31.2 Å². The van der Waals surface area contributed by atoms with Gasteiger partial charge < -0.3 is 11.1 Å². The summed E-state index contributed by atoms with van der Waals surface area (Å²) in [5, 5.41) is 2.92. The zero-order valence-electron chi connectivity index (χ0n) is 9.89. The van der Waals surface area contributed by atoms with Crippen LogP contribution in [0.1, 0.15) is 6.92 Å². The standard InChI is InChI=1S/C11H15ClN2O3S/c1-8(13)11(15)14-6-7-18(16,17)10-4-2-9(12)3-5-10/h2-5,8H,6-7,13H2,1H3,(H,14,15)/t8-/m1/s1. The Morgan fingerprint density at radius 2 is 1.94 bits per heavy atom. The number of hydrogen-bond donors (Lipinski definition) is 2. The zero-order valence-corrected chi connectivity index (χ0v) is 11.5. The molecule has 0 aliphatic rings. The molecule has 1 atom stereocenters. The summed E-state index contributed by atoms with van der Waals surface area (Å²) in [6.45, 7) is 1.56. The maximum absolute atomic E-state index is 11.9. The maximum Gasteiger partial charge on any atom is 0.236 e. The molecule has 1 amide bonds. The van der Waals surface area contributed by atoms with Crippen molar-refractivity contribution in [3.05, 3.63) is 29.3 Å². The molecule has 0 aliphatic heterocycles. The van der Waals surface area contributed by atoms with Gasteiger partial charge in [-0.25, -0.2) is 8.42 Å². The predicted octanol–water partition coefficient (Wildman–Crippen LogP) is 0.577. The van der Waals surface area contributed by atoms with E-state index in [1.807, 2.05) is 0 Å². The smallest absolute Gasteiger partial charge is 0.236 e. The van der Waals surface area contributed by atoms with Crippen LogP contribution in [0.3, 0.4) is 0 Å². The van der Waals surface area contributed by atoms with E-state index in [1.165, 1.54) is 31.2 Å². The second-order valence-electron chi connectivity index (χ2n) is 3.85. The maximum atomic E-state index is 11.9. The Labute approximate surface area is 111 Å². The van der Waals surface area contributed by atoms with Gasteiger partial charge in [-0.2, -0.15) is 0 Å². The molecule has 0 spiro atoms. The summed E-state index contributed by atoms with van der Waals surface area (Å²) in [6.07, 6.45) is 0. The van der Waals surface area contributed by atoms with E-state index in [0.717, 1.165) is 0 Å². The van der Waals surface area contributed by atoms with E-state index in [-0.39, 0.29) is 23.1 Å². The number of hydrogen-bond acceptors (Lipinski definition) is 4. The van der Waals surface area contributed by atoms with Crippen molar-refractivity contribution < 1.29 is 13.2 Å². The fourth-order valence-electron chi connectivity index (χ4n) is 1.23. The van der Waals surface area contributed by atoms with Gasteiger partial charge in [0.1, 0.15) is 0 Å². The van der Waals surface area contributed by atoms with Crippen LogP contribution in [-0.4, -0.2) is 32.7 Å². The molecule has 0 fully saturated rings. The molecule has 7 heteroatoms. The fraction of sp³-hybridized carbons (Fsp3) is 0.364. The summed E-state index contributed by atoms with van der Waals surface area (Å²) >= 11 is 5.68. The van der Waals surface area contributed by atoms with E-state index in [4.69, 9.17) is 17.3 Å². The van der Waals surface area contributed by atoms with Gasteiger partial charge in [-0.1, -0.05) is 11.6 Å². The van der Waals surface area contributed by atoms with E-state index >= 15 is 0 Å². The molecular weight excluding hydrogens is 276 g/mol. The Hall–Kier alpha value is -1.11. The van der Waals surface area contributed by atoms with Crippen LogP contribution in [0, 0.1) is 0 Å². The molecule has 0 saturated heterocycles. The highest BCUT2D eigenvalue weighted by molar-refractivity contribution is 7.91. The van der Waals surface area contributed by atoms with Gasteiger partial charge in [0, 0.05) is 11.6 Å². The lowest BCUT2D eigenvalue weighted by molar-refractivity contribution is -0.121. The van der Waals surface area contributed by atoms with Crippen molar-refractivity contribution in [2.24, 2.45) is 5.73 Å². The van der Waals surface area contributed by atoms with E-state index in [2.05, 4.69) is 5.32 Å². The number of halogens is 1. The predicted molar refractivity (Wildman–Crippen MR) is 70.2 cm³/mol. The molecule has 18 heavy (non-hydrogen) atoms. The lowest BCUT2D eigenvalue weighted by Gasteiger charge is -2.08. The minimum atomic E-state index is -3.41. The van der Waals surface area contributed by atoms with Crippen LogP contribution in [0.4, 0.5) is 0 Å². The van der Waals surface area contributed by atoms with Gasteiger partial charge in [-0.15, -0.1) is 0 Å². The monoisotopic (exact) mass is 290 g/mol. The number of nitrogens with one attached hydrogen (secondary N) is 1. The largest absolute Gasteiger partial charge is 0.354 e. The lowest BCUT2D eigenvalue weighted by Crippen LogP contribution is -2.40. The van der Waals surface area contributed by atoms with Crippen molar-refractivity contribution >= 4 is 27.3 Å². The van der Waals surface area contributed by atoms with Gasteiger partial charge >= 0.3 is 0 Å². The quantitative estimate of drug-likeness (QED) is 0.830. The highest BCUT2D eigenvalue weighted by Crippen LogP contribution is 2.14. The zero-order chi connectivity index (χ0) is 13.8. The Morgan fingerprint density at radius 1 is 1.39 bits per heavy atom. The molecule has 5 nitrogen and oxygen atoms in total. The summed E-state index contributed by atoms with van der Waals surface area (Å²) in [4.78, 5) is 11.3. The van der Waals surface area contributed by atoms with Gasteiger partial charge in [0.15, 0.2) is 9.84 Å². The Balaban J connectivity index is 2.61. The molecule has 0 heterocycles. The molecular formula is C11H15ClN2O3S. The number of amides is 1. The molecule has 1 rings (SSSR count). The van der Waals surface area contributed by atoms with Crippen LogP contribution in [0.5, 0.6) is 0 Å². The van der Waals surface area contributed by atoms with Gasteiger partial charge in [0.2, 0.25) is 5.91 Å². The first-order valence-electron chi connectivity index (χ1n) is 5.34. The highest BCUT2D eigenvalue weighted by atomic mass is 35.5. The van der Waals surface area contributed by atoms with Crippen LogP contribution in [0.25, 0.3) is 0 Å². The summed E-state index contributed by atoms with van der Waals surface area (Å²) < 4.78 is 23.7. The van der Waals surface area contributed by atoms with Gasteiger partial charge in [0.05, 0.1) is 16.7 Å². The number of nitrogens with two attached hydrogens (primary N) is 1. The normalized spacial score (nSPS) is 13.1. The summed E-state index contributed by atoms with van der Waals surface area (Å²) in [5.41, 5.74) is 5.34. The molecule has 0 bridgehead atoms. The summed E-state index contributed by atoms with van der Waals surface area (Å²) in [5.74, 6) is -0.547. The number of benzene rings is 1. The molecule has 0 aromatic heterocycles. The Kier molecular flexibility index (Phi) is 5.13. The van der Waals surface area contributed by atoms with Crippen LogP contribution in [-0.2, 0) is 14.6 Å². The Morgan fingerprint density at radius 3 is 2.44 bits per heavy atom. The Bertz CT molecular complexity index is 512. The van der Waals surface area contributed by atoms with Crippen LogP contribution >= 0.6 is 11.6 Å². The number of carbonyl (C=O) groups excluding carboxylic acids is 1. The van der Waals surface area contributed by atoms with Crippen molar-refractivity contribution in [2.75, 3.05) is 12.3 Å². The molecule has 0 radical (unpaired) electrons. The molecule has 3 N–H and O–H groups in total. The third-order valence-electron chi connectivity index (χ3n) is 2.26. The third-order valence-corrected chi connectivity index (χ3v) is 4.24. The molecule has 0 unspecified atom stereocenters. The minimum absolute atomic E-state index is 0.0331. The highest BCUT2D eigenvalue weighted by Gasteiger charge is 2.15. The first-order valence-corrected chi connectivity index (χ1v) is 7.37. The van der Waals surface area contributed by atoms with E-state index in [0.29, 0.717) is 5.02 Å². The first kappa shape index (κ1) is 14.9. The molecule has 1 aromatic carbocycles. The summed E-state index contributed by atoms with van der Waals surface area (Å²) in [7, 11) is -3.41. The molecule has 0 aliphatic carbocycles. The number of carbonyl (C=O) groups is 1. The third kappa shape index (κ3) is 4.29. The molecule has 1 aromatic rings. The topological polar surface area (TPSA) is 89.3 Å². The van der Waals surface area contributed by atoms with Crippen LogP contribution < -0.4 is 11.1 Å². The van der Waals surface area contributed by atoms with E-state index < -0.39 is 15.9 Å². The van der Waals surface area contributed by atoms with Gasteiger partial charge in [-0.3, -0.25) is 4.79 Å². The second kappa shape index (κ2) is 6.17. The van der Waals surface area contributed by atoms with Crippen LogP contribution in [0.2, 0.25) is 5.02 Å². The average molecular weight is 291 g/mol. The van der Waals surface area contributed by atoms with Crippen molar-refractivity contribution in [1.29, 1.82) is 0 Å². The minimum Gasteiger partial charge on any atom is -0.354 e. The summed E-state index contributed by atoms with van der Waals surface area (Å²) in [6, 6.07) is 5.24. The van der Waals surface area contributed by atoms with Crippen LogP contribution in [0.15, 0.2) is 29.2 Å². The van der Waals surface area contributed by atoms with E-state index in [9.17, 15) is 13.2 Å². The number of sulfone groups is 1. The average Bonchev–Trinajstić information content (AvgIpc) is 2.29. The van der Waals surface area contributed by atoms with E-state index in [1.54, 1.807) is 0 Å². The first-order chi connectivity index (χ1) is 8.33. The second-order valence-corrected chi connectivity index (χ2v) is 6.40. The fourth-order valence-corrected chi connectivity index (χ4v) is 2.51. The van der Waals surface area contributed by atoms with Crippen molar-refractivity contribution in [3.63, 3.8) is 0 Å². The van der Waals surface area contributed by atoms with Crippen molar-refractivity contribution in [2.45, 2.75) is 17.9 Å².